The van der Waals surface area contributed by atoms with Crippen LogP contribution in [0.5, 0.6) is 0 Å². The van der Waals surface area contributed by atoms with Crippen LogP contribution in [-0.4, -0.2) is 10.5 Å². The Kier molecular flexibility index (Phi) is 6.88. The van der Waals surface area contributed by atoms with Crippen molar-refractivity contribution in [3.05, 3.63) is 75.8 Å². The van der Waals surface area contributed by atoms with Crippen LogP contribution >= 0.6 is 23.7 Å². The first-order valence-electron chi connectivity index (χ1n) is 7.79. The molecule has 0 fully saturated rings. The lowest BCUT2D eigenvalue weighted by Gasteiger charge is -2.06. The molecule has 0 saturated heterocycles. The molecule has 27 heavy (non-hydrogen) atoms. The molecule has 3 rings (SSSR count). The smallest absolute Gasteiger partial charge is 0.230 e. The van der Waals surface area contributed by atoms with Crippen molar-refractivity contribution in [1.29, 1.82) is 5.26 Å². The Morgan fingerprint density at radius 2 is 2.04 bits per heavy atom. The number of amides is 1. The Morgan fingerprint density at radius 1 is 1.30 bits per heavy atom. The van der Waals surface area contributed by atoms with Crippen LogP contribution in [0.3, 0.4) is 0 Å². The van der Waals surface area contributed by atoms with Crippen LogP contribution in [-0.2, 0) is 18.3 Å². The van der Waals surface area contributed by atoms with Gasteiger partial charge in [0.2, 0.25) is 5.91 Å². The Hall–Kier alpha value is -2.95. The van der Waals surface area contributed by atoms with Crippen molar-refractivity contribution in [3.63, 3.8) is 0 Å². The highest BCUT2D eigenvalue weighted by atomic mass is 35.5. The maximum absolute atomic E-state index is 13.3. The van der Waals surface area contributed by atoms with E-state index < -0.39 is 0 Å². The van der Waals surface area contributed by atoms with E-state index in [0.717, 1.165) is 5.69 Å². The lowest BCUT2D eigenvalue weighted by molar-refractivity contribution is -0.115. The molecule has 0 unspecified atom stereocenters. The van der Waals surface area contributed by atoms with Crippen LogP contribution in [0.25, 0.3) is 0 Å². The second-order valence-corrected chi connectivity index (χ2v) is 6.41. The fourth-order valence-electron chi connectivity index (χ4n) is 2.32. The van der Waals surface area contributed by atoms with E-state index in [0.29, 0.717) is 21.7 Å². The summed E-state index contributed by atoms with van der Waals surface area (Å²) in [5.74, 6) is -0.507. The van der Waals surface area contributed by atoms with Crippen LogP contribution in [0.15, 0.2) is 58.9 Å². The zero-order valence-corrected chi connectivity index (χ0v) is 16.0. The summed E-state index contributed by atoms with van der Waals surface area (Å²) in [6.07, 6.45) is 0.186. The summed E-state index contributed by atoms with van der Waals surface area (Å²) >= 11 is 1.39. The number of nitriles is 1. The van der Waals surface area contributed by atoms with E-state index in [9.17, 15) is 9.18 Å². The van der Waals surface area contributed by atoms with E-state index in [1.165, 1.54) is 23.5 Å². The van der Waals surface area contributed by atoms with Gasteiger partial charge in [-0.25, -0.2) is 9.38 Å². The van der Waals surface area contributed by atoms with Crippen LogP contribution in [0.2, 0.25) is 0 Å². The summed E-state index contributed by atoms with van der Waals surface area (Å²) in [5, 5.41) is 13.4. The molecule has 3 aromatic rings. The maximum Gasteiger partial charge on any atom is 0.230 e. The minimum Gasteiger partial charge on any atom is -0.326 e. The lowest BCUT2D eigenvalue weighted by Crippen LogP contribution is -2.19. The Morgan fingerprint density at radius 3 is 2.70 bits per heavy atom. The van der Waals surface area contributed by atoms with Gasteiger partial charge in [-0.2, -0.15) is 5.26 Å². The van der Waals surface area contributed by atoms with E-state index in [2.05, 4.69) is 10.3 Å². The third-order valence-electron chi connectivity index (χ3n) is 3.69. The van der Waals surface area contributed by atoms with E-state index in [-0.39, 0.29) is 30.6 Å². The number of nitrogens with zero attached hydrogens (tertiary/aromatic N) is 3. The van der Waals surface area contributed by atoms with Crippen molar-refractivity contribution in [3.8, 4) is 6.07 Å². The first-order chi connectivity index (χ1) is 12.5. The number of carbonyl (C=O) groups is 1. The predicted octanol–water partition coefficient (Wildman–Crippen LogP) is 3.93. The van der Waals surface area contributed by atoms with Gasteiger partial charge in [-0.1, -0.05) is 6.07 Å². The molecule has 1 heterocycles. The van der Waals surface area contributed by atoms with Crippen molar-refractivity contribution in [2.75, 3.05) is 5.32 Å². The highest BCUT2D eigenvalue weighted by Crippen LogP contribution is 2.13. The normalized spacial score (nSPS) is 10.8. The fourth-order valence-corrected chi connectivity index (χ4v) is 3.23. The maximum atomic E-state index is 13.3. The molecular formula is C19H16ClFN4OS. The van der Waals surface area contributed by atoms with Gasteiger partial charge < -0.3 is 9.88 Å². The first kappa shape index (κ1) is 20.4. The number of carbonyl (C=O) groups excluding carboxylic acids is 1. The molecule has 1 amide bonds. The second-order valence-electron chi connectivity index (χ2n) is 5.57. The zero-order valence-electron chi connectivity index (χ0n) is 14.3. The van der Waals surface area contributed by atoms with Gasteiger partial charge in [-0.15, -0.1) is 23.7 Å². The van der Waals surface area contributed by atoms with Gasteiger partial charge in [0.1, 0.15) is 5.82 Å². The van der Waals surface area contributed by atoms with Crippen molar-refractivity contribution >= 4 is 41.0 Å². The highest BCUT2D eigenvalue weighted by Gasteiger charge is 2.09. The zero-order chi connectivity index (χ0) is 18.5. The van der Waals surface area contributed by atoms with Crippen molar-refractivity contribution in [2.45, 2.75) is 6.42 Å². The molecule has 138 valence electrons. The number of halogens is 2. The van der Waals surface area contributed by atoms with Gasteiger partial charge in [0.25, 0.3) is 0 Å². The molecule has 0 aliphatic rings. The number of nitrogens with one attached hydrogen (secondary N) is 1. The van der Waals surface area contributed by atoms with Crippen LogP contribution in [0.1, 0.15) is 11.3 Å². The summed E-state index contributed by atoms with van der Waals surface area (Å²) in [7, 11) is 1.82. The van der Waals surface area contributed by atoms with Crippen molar-refractivity contribution in [1.82, 2.24) is 4.57 Å². The summed E-state index contributed by atoms with van der Waals surface area (Å²) in [4.78, 5) is 17.3. The number of anilines is 1. The van der Waals surface area contributed by atoms with Crippen LogP contribution < -0.4 is 10.1 Å². The molecule has 0 aliphatic heterocycles. The first-order valence-corrected chi connectivity index (χ1v) is 8.67. The quantitative estimate of drug-likeness (QED) is 0.718. The number of rotatable bonds is 4. The van der Waals surface area contributed by atoms with Gasteiger partial charge in [-0.3, -0.25) is 4.79 Å². The van der Waals surface area contributed by atoms with E-state index >= 15 is 0 Å². The van der Waals surface area contributed by atoms with Gasteiger partial charge in [-0.05, 0) is 42.5 Å². The SMILES string of the molecule is Cl.Cn1c(CC(=O)Nc2ccc(C#N)cc2)cs/c1=N/c1cccc(F)c1. The molecule has 0 spiro atoms. The average Bonchev–Trinajstić information content (AvgIpc) is 2.96. The van der Waals surface area contributed by atoms with Gasteiger partial charge in [0.15, 0.2) is 4.80 Å². The summed E-state index contributed by atoms with van der Waals surface area (Å²) in [5.41, 5.74) is 2.50. The third-order valence-corrected chi connectivity index (χ3v) is 4.66. The molecular weight excluding hydrogens is 387 g/mol. The number of thiazole rings is 1. The fraction of sp³-hybridized carbons (Fsp3) is 0.105. The molecule has 0 radical (unpaired) electrons. The summed E-state index contributed by atoms with van der Waals surface area (Å²) < 4.78 is 15.1. The monoisotopic (exact) mass is 402 g/mol. The molecule has 0 bridgehead atoms. The lowest BCUT2D eigenvalue weighted by atomic mass is 10.2. The Labute approximate surface area is 165 Å². The van der Waals surface area contributed by atoms with E-state index in [1.807, 2.05) is 23.1 Å². The molecule has 0 saturated carbocycles. The predicted molar refractivity (Wildman–Crippen MR) is 106 cm³/mol. The Bertz CT molecular complexity index is 1050. The van der Waals surface area contributed by atoms with Crippen molar-refractivity contribution < 1.29 is 9.18 Å². The van der Waals surface area contributed by atoms with Gasteiger partial charge >= 0.3 is 0 Å². The number of aromatic nitrogens is 1. The number of hydrogen-bond acceptors (Lipinski definition) is 4. The molecule has 0 aliphatic carbocycles. The molecule has 0 atom stereocenters. The molecule has 1 aromatic heterocycles. The minimum absolute atomic E-state index is 0. The minimum atomic E-state index is -0.340. The molecule has 8 heteroatoms. The van der Waals surface area contributed by atoms with Crippen molar-refractivity contribution in [2.24, 2.45) is 12.0 Å². The Balaban J connectivity index is 0.00000261. The number of hydrogen-bond donors (Lipinski definition) is 1. The summed E-state index contributed by atoms with van der Waals surface area (Å²) in [6.45, 7) is 0. The molecule has 5 nitrogen and oxygen atoms in total. The second kappa shape index (κ2) is 9.12. The summed E-state index contributed by atoms with van der Waals surface area (Å²) in [6, 6.07) is 14.8. The molecule has 1 N–H and O–H groups in total. The third kappa shape index (κ3) is 5.26. The standard InChI is InChI=1S/C19H15FN4OS.ClH/c1-24-17(10-18(25)22-15-7-5-13(11-21)6-8-15)12-26-19(24)23-16-4-2-3-14(20)9-16;/h2-9,12H,10H2,1H3,(H,22,25);1H/b23-19+;. The average molecular weight is 403 g/mol. The highest BCUT2D eigenvalue weighted by molar-refractivity contribution is 7.07. The van der Waals surface area contributed by atoms with Crippen LogP contribution in [0.4, 0.5) is 15.8 Å². The van der Waals surface area contributed by atoms with Crippen LogP contribution in [0, 0.1) is 17.1 Å². The van der Waals surface area contributed by atoms with E-state index in [1.54, 1.807) is 36.4 Å². The number of benzene rings is 2. The topological polar surface area (TPSA) is 70.2 Å². The largest absolute Gasteiger partial charge is 0.326 e. The van der Waals surface area contributed by atoms with Gasteiger partial charge in [0.05, 0.1) is 23.7 Å². The molecule has 2 aromatic carbocycles. The van der Waals surface area contributed by atoms with E-state index in [4.69, 9.17) is 5.26 Å². The van der Waals surface area contributed by atoms with Gasteiger partial charge in [0, 0.05) is 23.8 Å².